The Morgan fingerprint density at radius 2 is 1.79 bits per heavy atom. The molecule has 0 saturated carbocycles. The summed E-state index contributed by atoms with van der Waals surface area (Å²) < 4.78 is 17.5. The zero-order valence-electron chi connectivity index (χ0n) is 21.0. The molecule has 4 rings (SSSR count). The molecule has 0 aliphatic heterocycles. The van der Waals surface area contributed by atoms with Crippen molar-refractivity contribution < 1.29 is 18.8 Å². The maximum Gasteiger partial charge on any atom is 0.245 e. The van der Waals surface area contributed by atoms with Gasteiger partial charge in [-0.25, -0.2) is 4.39 Å². The first-order valence-electron chi connectivity index (χ1n) is 11.9. The molecule has 1 heterocycles. The van der Waals surface area contributed by atoms with Gasteiger partial charge in [0.25, 0.3) is 0 Å². The molecule has 1 aromatic heterocycles. The molecule has 0 aliphatic rings. The Hall–Kier alpha value is -3.56. The van der Waals surface area contributed by atoms with E-state index in [-0.39, 0.29) is 47.8 Å². The molecule has 196 valence electrons. The van der Waals surface area contributed by atoms with Crippen LogP contribution < -0.4 is 5.32 Å². The Morgan fingerprint density at radius 1 is 1.08 bits per heavy atom. The minimum Gasteiger partial charge on any atom is -0.329 e. The number of aromatic nitrogens is 2. The largest absolute Gasteiger partial charge is 0.329 e. The van der Waals surface area contributed by atoms with E-state index in [2.05, 4.69) is 26.3 Å². The van der Waals surface area contributed by atoms with Crippen LogP contribution in [0.25, 0.3) is 22.0 Å². The van der Waals surface area contributed by atoms with Crippen LogP contribution in [0.15, 0.2) is 65.1 Å². The fourth-order valence-electron chi connectivity index (χ4n) is 4.17. The number of Topliss-reactive ketones (excluding diaryl/α,β-unsaturated/α-hetero) is 1. The predicted molar refractivity (Wildman–Crippen MR) is 150 cm³/mol. The average Bonchev–Trinajstić information content (AvgIpc) is 3.21. The molecular weight excluding hydrogens is 575 g/mol. The van der Waals surface area contributed by atoms with Gasteiger partial charge in [0.1, 0.15) is 18.8 Å². The van der Waals surface area contributed by atoms with Gasteiger partial charge in [-0.3, -0.25) is 19.1 Å². The van der Waals surface area contributed by atoms with Crippen LogP contribution in [0, 0.1) is 5.82 Å². The van der Waals surface area contributed by atoms with Crippen LogP contribution in [0.1, 0.15) is 31.3 Å². The van der Waals surface area contributed by atoms with Gasteiger partial charge in [0, 0.05) is 39.0 Å². The number of nitrogens with zero attached hydrogens (tertiary/aromatic N) is 3. The molecule has 1 N–H and O–H groups in total. The summed E-state index contributed by atoms with van der Waals surface area (Å²) in [6.07, 6.45) is 0. The third-order valence-electron chi connectivity index (χ3n) is 6.03. The lowest BCUT2D eigenvalue weighted by molar-refractivity contribution is -0.137. The molecule has 0 aliphatic carbocycles. The van der Waals surface area contributed by atoms with Crippen molar-refractivity contribution in [3.8, 4) is 11.1 Å². The molecule has 7 nitrogen and oxygen atoms in total. The second kappa shape index (κ2) is 11.4. The van der Waals surface area contributed by atoms with Gasteiger partial charge >= 0.3 is 0 Å². The van der Waals surface area contributed by atoms with E-state index in [4.69, 9.17) is 11.6 Å². The van der Waals surface area contributed by atoms with Crippen LogP contribution in [-0.2, 0) is 16.1 Å². The molecule has 10 heteroatoms. The number of carbonyl (C=O) groups is 3. The second-order valence-corrected chi connectivity index (χ2v) is 10.4. The van der Waals surface area contributed by atoms with E-state index >= 15 is 4.39 Å². The van der Waals surface area contributed by atoms with E-state index in [0.29, 0.717) is 21.5 Å². The van der Waals surface area contributed by atoms with Crippen LogP contribution in [0.3, 0.4) is 0 Å². The number of hydrogen-bond acceptors (Lipinski definition) is 4. The van der Waals surface area contributed by atoms with Crippen molar-refractivity contribution in [1.29, 1.82) is 0 Å². The fraction of sp³-hybridized carbons (Fsp3) is 0.214. The molecule has 0 saturated heterocycles. The third kappa shape index (κ3) is 5.79. The summed E-state index contributed by atoms with van der Waals surface area (Å²) in [5, 5.41) is 7.94. The Morgan fingerprint density at radius 3 is 2.47 bits per heavy atom. The topological polar surface area (TPSA) is 84.3 Å². The molecule has 0 unspecified atom stereocenters. The van der Waals surface area contributed by atoms with Crippen molar-refractivity contribution in [1.82, 2.24) is 14.7 Å². The van der Waals surface area contributed by atoms with Crippen molar-refractivity contribution in [2.45, 2.75) is 33.4 Å². The highest BCUT2D eigenvalue weighted by atomic mass is 79.9. The molecule has 0 spiro atoms. The molecule has 2 amide bonds. The smallest absolute Gasteiger partial charge is 0.245 e. The zero-order valence-corrected chi connectivity index (χ0v) is 23.3. The first-order valence-corrected chi connectivity index (χ1v) is 13.0. The van der Waals surface area contributed by atoms with E-state index in [1.165, 1.54) is 22.6 Å². The summed E-state index contributed by atoms with van der Waals surface area (Å²) in [6.45, 7) is 4.51. The van der Waals surface area contributed by atoms with E-state index in [1.807, 2.05) is 0 Å². The average molecular weight is 600 g/mol. The minimum atomic E-state index is -0.623. The van der Waals surface area contributed by atoms with Gasteiger partial charge in [0.2, 0.25) is 11.8 Å². The van der Waals surface area contributed by atoms with Gasteiger partial charge in [-0.05, 0) is 44.2 Å². The summed E-state index contributed by atoms with van der Waals surface area (Å²) in [7, 11) is 0. The van der Waals surface area contributed by atoms with E-state index in [1.54, 1.807) is 68.4 Å². The lowest BCUT2D eigenvalue weighted by Gasteiger charge is -2.26. The molecule has 0 atom stereocenters. The molecule has 38 heavy (non-hydrogen) atoms. The summed E-state index contributed by atoms with van der Waals surface area (Å²) in [6, 6.07) is 16.5. The summed E-state index contributed by atoms with van der Waals surface area (Å²) in [5.74, 6) is -1.77. The van der Waals surface area contributed by atoms with Crippen LogP contribution in [-0.4, -0.2) is 44.9 Å². The standard InChI is InChI=1S/C28H25BrClFN4O3/c1-16(2)34(26(38)15-35-24-12-11-18(29)13-21(24)28(33-35)17(3)36)14-25(37)32-23-10-6-8-20(27(23)31)19-7-4-5-9-22(19)30/h4-13,16H,14-15H2,1-3H3,(H,32,37). The highest BCUT2D eigenvalue weighted by molar-refractivity contribution is 9.10. The Balaban J connectivity index is 1.53. The van der Waals surface area contributed by atoms with Gasteiger partial charge in [-0.2, -0.15) is 5.10 Å². The monoisotopic (exact) mass is 598 g/mol. The van der Waals surface area contributed by atoms with Gasteiger partial charge in [0.05, 0.1) is 11.2 Å². The molecule has 4 aromatic rings. The number of hydrogen-bond donors (Lipinski definition) is 1. The number of amides is 2. The third-order valence-corrected chi connectivity index (χ3v) is 6.85. The normalized spacial score (nSPS) is 11.1. The number of carbonyl (C=O) groups excluding carboxylic acids is 3. The van der Waals surface area contributed by atoms with Crippen molar-refractivity contribution in [3.05, 3.63) is 81.7 Å². The van der Waals surface area contributed by atoms with E-state index in [9.17, 15) is 14.4 Å². The van der Waals surface area contributed by atoms with Crippen LogP contribution in [0.2, 0.25) is 5.02 Å². The summed E-state index contributed by atoms with van der Waals surface area (Å²) >= 11 is 9.63. The number of fused-ring (bicyclic) bond motifs is 1. The highest BCUT2D eigenvalue weighted by Gasteiger charge is 2.24. The van der Waals surface area contributed by atoms with Crippen LogP contribution in [0.5, 0.6) is 0 Å². The zero-order chi connectivity index (χ0) is 27.6. The first-order chi connectivity index (χ1) is 18.1. The Kier molecular flexibility index (Phi) is 8.28. The number of ketones is 1. The van der Waals surface area contributed by atoms with Gasteiger partial charge in [-0.15, -0.1) is 0 Å². The molecule has 0 radical (unpaired) electrons. The molecule has 0 bridgehead atoms. The van der Waals surface area contributed by atoms with Crippen molar-refractivity contribution in [2.75, 3.05) is 11.9 Å². The van der Waals surface area contributed by atoms with Crippen molar-refractivity contribution in [2.24, 2.45) is 0 Å². The van der Waals surface area contributed by atoms with Gasteiger partial charge < -0.3 is 10.2 Å². The van der Waals surface area contributed by atoms with Crippen molar-refractivity contribution in [3.63, 3.8) is 0 Å². The molecule has 0 fully saturated rings. The lowest BCUT2D eigenvalue weighted by Crippen LogP contribution is -2.44. The van der Waals surface area contributed by atoms with E-state index < -0.39 is 11.7 Å². The molecular formula is C28H25BrClFN4O3. The summed E-state index contributed by atoms with van der Waals surface area (Å²) in [5.41, 5.74) is 1.63. The maximum atomic E-state index is 15.3. The van der Waals surface area contributed by atoms with Gasteiger partial charge in [0.15, 0.2) is 11.6 Å². The van der Waals surface area contributed by atoms with E-state index in [0.717, 1.165) is 4.47 Å². The SMILES string of the molecule is CC(=O)c1nn(CC(=O)N(CC(=O)Nc2cccc(-c3ccccc3Cl)c2F)C(C)C)c2ccc(Br)cc12. The molecule has 3 aromatic carbocycles. The summed E-state index contributed by atoms with van der Waals surface area (Å²) in [4.78, 5) is 39.7. The Labute approximate surface area is 232 Å². The van der Waals surface area contributed by atoms with Crippen LogP contribution in [0.4, 0.5) is 10.1 Å². The number of rotatable bonds is 8. The Bertz CT molecular complexity index is 1550. The first kappa shape index (κ1) is 27.5. The van der Waals surface area contributed by atoms with Crippen LogP contribution >= 0.6 is 27.5 Å². The predicted octanol–water partition coefficient (Wildman–Crippen LogP) is 6.34. The number of anilines is 1. The minimum absolute atomic E-state index is 0.0154. The van der Waals surface area contributed by atoms with Crippen molar-refractivity contribution >= 4 is 61.7 Å². The lowest BCUT2D eigenvalue weighted by atomic mass is 10.0. The fourth-order valence-corrected chi connectivity index (χ4v) is 4.77. The number of nitrogens with one attached hydrogen (secondary N) is 1. The van der Waals surface area contributed by atoms with Gasteiger partial charge in [-0.1, -0.05) is 57.9 Å². The number of halogens is 3. The number of benzene rings is 3. The quantitative estimate of drug-likeness (QED) is 0.240. The second-order valence-electron chi connectivity index (χ2n) is 9.03. The maximum absolute atomic E-state index is 15.3. The highest BCUT2D eigenvalue weighted by Crippen LogP contribution is 2.32.